The summed E-state index contributed by atoms with van der Waals surface area (Å²) in [4.78, 5) is 12.0. The highest BCUT2D eigenvalue weighted by atomic mass is 127. The van der Waals surface area contributed by atoms with Crippen LogP contribution in [0.15, 0.2) is 18.2 Å². The van der Waals surface area contributed by atoms with Gasteiger partial charge in [0.2, 0.25) is 5.78 Å². The van der Waals surface area contributed by atoms with E-state index in [1.807, 2.05) is 0 Å². The highest BCUT2D eigenvalue weighted by molar-refractivity contribution is 14.1. The van der Waals surface area contributed by atoms with Gasteiger partial charge in [-0.1, -0.05) is 34.8 Å². The number of halogens is 4. The van der Waals surface area contributed by atoms with Crippen molar-refractivity contribution in [3.63, 3.8) is 0 Å². The quantitative estimate of drug-likeness (QED) is 0.421. The monoisotopic (exact) mass is 426 g/mol. The van der Waals surface area contributed by atoms with Crippen molar-refractivity contribution < 1.29 is 13.2 Å². The number of Topliss-reactive ketones (excluding diaryl/α,β-unsaturated/α-hetero) is 1. The van der Waals surface area contributed by atoms with Crippen LogP contribution in [0.4, 0.5) is 0 Å². The Hall–Kier alpha value is 0.440. The highest BCUT2D eigenvalue weighted by Gasteiger charge is 2.44. The van der Waals surface area contributed by atoms with Crippen LogP contribution in [0, 0.1) is 0 Å². The van der Waals surface area contributed by atoms with E-state index in [4.69, 9.17) is 34.8 Å². The summed E-state index contributed by atoms with van der Waals surface area (Å²) in [6.07, 6.45) is 0.883. The molecule has 0 aliphatic carbocycles. The Morgan fingerprint density at radius 1 is 1.35 bits per heavy atom. The molecule has 94 valence electrons. The lowest BCUT2D eigenvalue weighted by molar-refractivity contribution is 0.100. The van der Waals surface area contributed by atoms with E-state index in [9.17, 15) is 13.2 Å². The predicted octanol–water partition coefficient (Wildman–Crippen LogP) is 3.55. The van der Waals surface area contributed by atoms with Crippen LogP contribution in [0.25, 0.3) is 0 Å². The summed E-state index contributed by atoms with van der Waals surface area (Å²) in [6.45, 7) is 0. The largest absolute Gasteiger partial charge is 0.290 e. The molecular weight excluding hydrogens is 421 g/mol. The topological polar surface area (TPSA) is 51.2 Å². The molecule has 0 spiro atoms. The van der Waals surface area contributed by atoms with Crippen LogP contribution in [-0.4, -0.2) is 22.7 Å². The van der Waals surface area contributed by atoms with Crippen LogP contribution in [0.3, 0.4) is 0 Å². The van der Waals surface area contributed by atoms with E-state index < -0.39 is 17.8 Å². The molecule has 0 saturated carbocycles. The van der Waals surface area contributed by atoms with Gasteiger partial charge in [-0.05, 0) is 40.8 Å². The Morgan fingerprint density at radius 3 is 2.29 bits per heavy atom. The second kappa shape index (κ2) is 5.21. The van der Waals surface area contributed by atoms with Crippen molar-refractivity contribution in [2.24, 2.45) is 0 Å². The van der Waals surface area contributed by atoms with Crippen LogP contribution in [0.1, 0.15) is 10.4 Å². The third kappa shape index (κ3) is 3.26. The maximum atomic E-state index is 12.0. The van der Waals surface area contributed by atoms with Gasteiger partial charge in [-0.3, -0.25) is 4.79 Å². The van der Waals surface area contributed by atoms with Gasteiger partial charge in [-0.2, -0.15) is 0 Å². The number of alkyl halides is 2. The van der Waals surface area contributed by atoms with Gasteiger partial charge in [0, 0.05) is 16.8 Å². The van der Waals surface area contributed by atoms with E-state index in [1.54, 1.807) is 0 Å². The maximum Gasteiger partial charge on any atom is 0.257 e. The van der Waals surface area contributed by atoms with Crippen molar-refractivity contribution in [1.82, 2.24) is 0 Å². The highest BCUT2D eigenvalue weighted by Crippen LogP contribution is 2.36. The van der Waals surface area contributed by atoms with Gasteiger partial charge in [0.1, 0.15) is 0 Å². The summed E-state index contributed by atoms with van der Waals surface area (Å²) < 4.78 is 20.8. The molecule has 0 heterocycles. The third-order valence-corrected chi connectivity index (χ3v) is 7.47. The SMILES string of the molecule is CS(=O)(=O)C(Cl)(I)C(=O)c1ccc(Cl)cc1Cl. The lowest BCUT2D eigenvalue weighted by Gasteiger charge is -2.17. The first kappa shape index (κ1) is 15.5. The van der Waals surface area contributed by atoms with Crippen LogP contribution in [0.5, 0.6) is 0 Å². The Balaban J connectivity index is 3.32. The number of carbonyl (C=O) groups excluding carboxylic acids is 1. The van der Waals surface area contributed by atoms with E-state index >= 15 is 0 Å². The molecule has 0 radical (unpaired) electrons. The van der Waals surface area contributed by atoms with Gasteiger partial charge in [0.25, 0.3) is 2.21 Å². The Bertz CT molecular complexity index is 569. The molecule has 1 atom stereocenters. The second-order valence-corrected chi connectivity index (χ2v) is 10.0. The lowest BCUT2D eigenvalue weighted by atomic mass is 10.1. The second-order valence-electron chi connectivity index (χ2n) is 3.24. The zero-order valence-corrected chi connectivity index (χ0v) is 13.6. The van der Waals surface area contributed by atoms with E-state index in [2.05, 4.69) is 0 Å². The normalized spacial score (nSPS) is 15.4. The first-order chi connectivity index (χ1) is 7.57. The molecule has 1 rings (SSSR count). The molecule has 1 aromatic rings. The van der Waals surface area contributed by atoms with Crippen LogP contribution >= 0.6 is 57.4 Å². The third-order valence-electron chi connectivity index (χ3n) is 1.91. The molecule has 1 aromatic carbocycles. The van der Waals surface area contributed by atoms with Gasteiger partial charge < -0.3 is 0 Å². The number of sulfone groups is 1. The van der Waals surface area contributed by atoms with E-state index in [0.29, 0.717) is 5.02 Å². The summed E-state index contributed by atoms with van der Waals surface area (Å²) >= 11 is 18.6. The molecule has 17 heavy (non-hydrogen) atoms. The van der Waals surface area contributed by atoms with E-state index in [-0.39, 0.29) is 10.6 Å². The number of rotatable bonds is 3. The van der Waals surface area contributed by atoms with Crippen molar-refractivity contribution in [3.05, 3.63) is 33.8 Å². The molecular formula is C9H6Cl3IO3S. The molecule has 0 bridgehead atoms. The first-order valence-corrected chi connectivity index (χ1v) is 8.25. The number of ketones is 1. The predicted molar refractivity (Wildman–Crippen MR) is 78.2 cm³/mol. The summed E-state index contributed by atoms with van der Waals surface area (Å²) in [6, 6.07) is 4.13. The van der Waals surface area contributed by atoms with E-state index in [1.165, 1.54) is 40.8 Å². The molecule has 8 heteroatoms. The molecule has 0 fully saturated rings. The average molecular weight is 427 g/mol. The van der Waals surface area contributed by atoms with Gasteiger partial charge in [0.05, 0.1) is 5.02 Å². The summed E-state index contributed by atoms with van der Waals surface area (Å²) in [5.41, 5.74) is 0.0193. The zero-order valence-electron chi connectivity index (χ0n) is 8.38. The van der Waals surface area contributed by atoms with E-state index in [0.717, 1.165) is 6.26 Å². The van der Waals surface area contributed by atoms with Gasteiger partial charge in [-0.25, -0.2) is 8.42 Å². The number of hydrogen-bond acceptors (Lipinski definition) is 3. The fourth-order valence-electron chi connectivity index (χ4n) is 0.999. The fourth-order valence-corrected chi connectivity index (χ4v) is 2.33. The van der Waals surface area contributed by atoms with Crippen LogP contribution < -0.4 is 0 Å². The van der Waals surface area contributed by atoms with Crippen molar-refractivity contribution in [1.29, 1.82) is 0 Å². The summed E-state index contributed by atoms with van der Waals surface area (Å²) in [5.74, 6) is -0.788. The molecule has 3 nitrogen and oxygen atoms in total. The van der Waals surface area contributed by atoms with Crippen molar-refractivity contribution >= 4 is 73.0 Å². The van der Waals surface area contributed by atoms with Crippen LogP contribution in [0.2, 0.25) is 10.0 Å². The minimum Gasteiger partial charge on any atom is -0.290 e. The molecule has 0 aliphatic rings. The van der Waals surface area contributed by atoms with Crippen molar-refractivity contribution in [2.75, 3.05) is 6.26 Å². The molecule has 0 saturated heterocycles. The zero-order chi connectivity index (χ0) is 13.4. The van der Waals surface area contributed by atoms with Gasteiger partial charge in [0.15, 0.2) is 9.84 Å². The van der Waals surface area contributed by atoms with Crippen molar-refractivity contribution in [2.45, 2.75) is 2.21 Å². The molecule has 0 amide bonds. The Kier molecular flexibility index (Phi) is 4.75. The van der Waals surface area contributed by atoms with Gasteiger partial charge in [-0.15, -0.1) is 0 Å². The van der Waals surface area contributed by atoms with Gasteiger partial charge >= 0.3 is 0 Å². The fraction of sp³-hybridized carbons (Fsp3) is 0.222. The first-order valence-electron chi connectivity index (χ1n) is 4.14. The molecule has 0 aliphatic heterocycles. The number of carbonyl (C=O) groups is 1. The molecule has 1 unspecified atom stereocenters. The lowest BCUT2D eigenvalue weighted by Crippen LogP contribution is -2.34. The summed E-state index contributed by atoms with van der Waals surface area (Å²) in [7, 11) is -3.77. The molecule has 0 N–H and O–H groups in total. The van der Waals surface area contributed by atoms with Crippen LogP contribution in [-0.2, 0) is 9.84 Å². The smallest absolute Gasteiger partial charge is 0.257 e. The number of benzene rings is 1. The maximum absolute atomic E-state index is 12.0. The summed E-state index contributed by atoms with van der Waals surface area (Å²) in [5, 5.41) is 0.410. The number of hydrogen-bond donors (Lipinski definition) is 0. The minimum atomic E-state index is -3.77. The average Bonchev–Trinajstić information content (AvgIpc) is 2.14. The molecule has 0 aromatic heterocycles. The Labute approximate surface area is 127 Å². The standard InChI is InChI=1S/C9H6Cl3IO3S/c1-17(15,16)9(12,13)8(14)6-3-2-5(10)4-7(6)11/h2-4H,1H3. The minimum absolute atomic E-state index is 0.0193. The Morgan fingerprint density at radius 2 is 1.88 bits per heavy atom. The van der Waals surface area contributed by atoms with Crippen molar-refractivity contribution in [3.8, 4) is 0 Å².